The Morgan fingerprint density at radius 2 is 2.00 bits per heavy atom. The molecule has 0 amide bonds. The van der Waals surface area contributed by atoms with Crippen molar-refractivity contribution in [3.8, 4) is 16.3 Å². The molecule has 0 bridgehead atoms. The molecule has 5 nitrogen and oxygen atoms in total. The second-order valence-electron chi connectivity index (χ2n) is 5.28. The second kappa shape index (κ2) is 6.88. The minimum absolute atomic E-state index is 0.244. The zero-order valence-corrected chi connectivity index (χ0v) is 14.5. The predicted molar refractivity (Wildman–Crippen MR) is 91.4 cm³/mol. The molecule has 0 aliphatic carbocycles. The van der Waals surface area contributed by atoms with E-state index in [1.807, 2.05) is 36.6 Å². The highest BCUT2D eigenvalue weighted by Crippen LogP contribution is 2.26. The van der Waals surface area contributed by atoms with Crippen molar-refractivity contribution in [1.82, 2.24) is 4.98 Å². The van der Waals surface area contributed by atoms with E-state index in [-0.39, 0.29) is 6.61 Å². The molecule has 124 valence electrons. The second-order valence-corrected chi connectivity index (χ2v) is 6.14. The first-order chi connectivity index (χ1) is 11.6. The summed E-state index contributed by atoms with van der Waals surface area (Å²) in [5, 5.41) is 3.01. The van der Waals surface area contributed by atoms with Gasteiger partial charge in [0.25, 0.3) is 0 Å². The van der Waals surface area contributed by atoms with Crippen LogP contribution in [0.25, 0.3) is 10.6 Å². The maximum absolute atomic E-state index is 11.6. The fraction of sp³-hybridized carbons (Fsp3) is 0.222. The molecule has 0 atom stereocenters. The predicted octanol–water partition coefficient (Wildman–Crippen LogP) is 4.39. The summed E-state index contributed by atoms with van der Waals surface area (Å²) in [5.74, 6) is 1.41. The first kappa shape index (κ1) is 16.3. The molecular formula is C18H17NO4S. The van der Waals surface area contributed by atoms with Crippen molar-refractivity contribution in [3.63, 3.8) is 0 Å². The van der Waals surface area contributed by atoms with Crippen LogP contribution in [0.15, 0.2) is 40.1 Å². The fourth-order valence-corrected chi connectivity index (χ4v) is 3.07. The molecule has 3 rings (SSSR count). The van der Waals surface area contributed by atoms with E-state index < -0.39 is 5.97 Å². The third-order valence-corrected chi connectivity index (χ3v) is 4.48. The number of esters is 1. The lowest BCUT2D eigenvalue weighted by atomic mass is 10.2. The number of ether oxygens (including phenoxy) is 2. The van der Waals surface area contributed by atoms with E-state index in [9.17, 15) is 4.79 Å². The van der Waals surface area contributed by atoms with E-state index in [0.29, 0.717) is 17.1 Å². The average Bonchev–Trinajstić information content (AvgIpc) is 3.18. The third-order valence-electron chi connectivity index (χ3n) is 3.48. The summed E-state index contributed by atoms with van der Waals surface area (Å²) in [5.41, 5.74) is 2.50. The number of aromatic nitrogens is 1. The Labute approximate surface area is 143 Å². The lowest BCUT2D eigenvalue weighted by Gasteiger charge is -2.04. The van der Waals surface area contributed by atoms with Crippen molar-refractivity contribution in [2.45, 2.75) is 20.5 Å². The Kier molecular flexibility index (Phi) is 4.66. The van der Waals surface area contributed by atoms with E-state index >= 15 is 0 Å². The molecule has 0 fully saturated rings. The first-order valence-corrected chi connectivity index (χ1v) is 8.28. The van der Waals surface area contributed by atoms with Crippen molar-refractivity contribution in [3.05, 3.63) is 58.5 Å². The highest BCUT2D eigenvalue weighted by molar-refractivity contribution is 7.13. The summed E-state index contributed by atoms with van der Waals surface area (Å²) in [6.07, 6.45) is 0. The number of methoxy groups -OCH3 is 1. The van der Waals surface area contributed by atoms with Crippen LogP contribution in [-0.4, -0.2) is 18.1 Å². The van der Waals surface area contributed by atoms with Gasteiger partial charge >= 0.3 is 5.97 Å². The molecule has 0 aliphatic rings. The zero-order valence-electron chi connectivity index (χ0n) is 13.7. The summed E-state index contributed by atoms with van der Waals surface area (Å²) >= 11 is 1.62. The monoisotopic (exact) mass is 343 g/mol. The molecule has 0 N–H and O–H groups in total. The summed E-state index contributed by atoms with van der Waals surface area (Å²) in [6.45, 7) is 3.94. The summed E-state index contributed by atoms with van der Waals surface area (Å²) in [7, 11) is 1.34. The summed E-state index contributed by atoms with van der Waals surface area (Å²) < 4.78 is 15.9. The van der Waals surface area contributed by atoms with Gasteiger partial charge in [-0.05, 0) is 44.2 Å². The lowest BCUT2D eigenvalue weighted by molar-refractivity contribution is 0.0599. The van der Waals surface area contributed by atoms with Crippen LogP contribution in [0.1, 0.15) is 27.6 Å². The highest BCUT2D eigenvalue weighted by Gasteiger charge is 2.15. The smallest absolute Gasteiger partial charge is 0.341 e. The topological polar surface area (TPSA) is 61.6 Å². The molecule has 1 aromatic carbocycles. The van der Waals surface area contributed by atoms with E-state index in [1.165, 1.54) is 7.11 Å². The molecule has 0 unspecified atom stereocenters. The van der Waals surface area contributed by atoms with Crippen molar-refractivity contribution in [2.75, 3.05) is 7.11 Å². The lowest BCUT2D eigenvalue weighted by Crippen LogP contribution is -2.00. The van der Waals surface area contributed by atoms with Crippen LogP contribution in [-0.2, 0) is 11.3 Å². The van der Waals surface area contributed by atoms with E-state index in [0.717, 1.165) is 22.0 Å². The van der Waals surface area contributed by atoms with Gasteiger partial charge in [0.05, 0.1) is 7.11 Å². The molecule has 0 spiro atoms. The number of hydrogen-bond acceptors (Lipinski definition) is 6. The molecule has 0 saturated heterocycles. The van der Waals surface area contributed by atoms with Crippen LogP contribution in [0.2, 0.25) is 0 Å². The Bertz CT molecular complexity index is 848. The fourth-order valence-electron chi connectivity index (χ4n) is 2.26. The first-order valence-electron chi connectivity index (χ1n) is 7.40. The number of thiazole rings is 1. The van der Waals surface area contributed by atoms with E-state index in [2.05, 4.69) is 4.98 Å². The minimum atomic E-state index is -0.411. The molecule has 24 heavy (non-hydrogen) atoms. The van der Waals surface area contributed by atoms with Crippen molar-refractivity contribution in [2.24, 2.45) is 0 Å². The normalized spacial score (nSPS) is 10.6. The Balaban J connectivity index is 1.66. The summed E-state index contributed by atoms with van der Waals surface area (Å²) in [6, 6.07) is 9.38. The van der Waals surface area contributed by atoms with Gasteiger partial charge in [0.1, 0.15) is 34.4 Å². The molecular weight excluding hydrogens is 326 g/mol. The molecule has 0 radical (unpaired) electrons. The largest absolute Gasteiger partial charge is 0.486 e. The number of nitrogens with zero attached hydrogens (tertiary/aromatic N) is 1. The van der Waals surface area contributed by atoms with Gasteiger partial charge in [0, 0.05) is 16.6 Å². The molecule has 0 aliphatic heterocycles. The van der Waals surface area contributed by atoms with Crippen LogP contribution in [0.4, 0.5) is 0 Å². The molecule has 0 saturated carbocycles. The van der Waals surface area contributed by atoms with Crippen LogP contribution < -0.4 is 4.74 Å². The quantitative estimate of drug-likeness (QED) is 0.643. The van der Waals surface area contributed by atoms with Crippen LogP contribution in [0, 0.1) is 13.8 Å². The molecule has 2 aromatic heterocycles. The van der Waals surface area contributed by atoms with Gasteiger partial charge in [-0.25, -0.2) is 9.78 Å². The van der Waals surface area contributed by atoms with Crippen LogP contribution >= 0.6 is 11.3 Å². The number of carbonyl (C=O) groups is 1. The zero-order chi connectivity index (χ0) is 17.1. The van der Waals surface area contributed by atoms with Gasteiger partial charge in [-0.1, -0.05) is 0 Å². The Hall–Kier alpha value is -2.60. The number of rotatable bonds is 5. The van der Waals surface area contributed by atoms with E-state index in [4.69, 9.17) is 13.9 Å². The van der Waals surface area contributed by atoms with Gasteiger partial charge < -0.3 is 13.9 Å². The van der Waals surface area contributed by atoms with Crippen LogP contribution in [0.5, 0.6) is 5.75 Å². The van der Waals surface area contributed by atoms with Gasteiger partial charge in [0.15, 0.2) is 0 Å². The third kappa shape index (κ3) is 3.49. The Morgan fingerprint density at radius 1 is 1.25 bits per heavy atom. The van der Waals surface area contributed by atoms with Crippen molar-refractivity contribution >= 4 is 17.3 Å². The molecule has 6 heteroatoms. The number of furan rings is 1. The SMILES string of the molecule is COC(=O)c1cc(COc2ccc(-c3nc(C)cs3)cc2)oc1C. The van der Waals surface area contributed by atoms with Gasteiger partial charge in [-0.15, -0.1) is 11.3 Å². The van der Waals surface area contributed by atoms with Crippen LogP contribution in [0.3, 0.4) is 0 Å². The maximum Gasteiger partial charge on any atom is 0.341 e. The van der Waals surface area contributed by atoms with E-state index in [1.54, 1.807) is 24.3 Å². The Morgan fingerprint density at radius 3 is 2.62 bits per heavy atom. The minimum Gasteiger partial charge on any atom is -0.486 e. The standard InChI is InChI=1S/C18H17NO4S/c1-11-10-24-17(19-11)13-4-6-14(7-5-13)22-9-15-8-16(12(2)23-15)18(20)21-3/h4-8,10H,9H2,1-3H3. The number of hydrogen-bond donors (Lipinski definition) is 0. The van der Waals surface area contributed by atoms with Gasteiger partial charge in [-0.3, -0.25) is 0 Å². The number of carbonyl (C=O) groups excluding carboxylic acids is 1. The summed E-state index contributed by atoms with van der Waals surface area (Å²) in [4.78, 5) is 16.0. The molecule has 2 heterocycles. The number of aryl methyl sites for hydroxylation is 2. The number of benzene rings is 1. The highest BCUT2D eigenvalue weighted by atomic mass is 32.1. The van der Waals surface area contributed by atoms with Crippen molar-refractivity contribution in [1.29, 1.82) is 0 Å². The maximum atomic E-state index is 11.6. The average molecular weight is 343 g/mol. The van der Waals surface area contributed by atoms with Gasteiger partial charge in [0.2, 0.25) is 0 Å². The van der Waals surface area contributed by atoms with Gasteiger partial charge in [-0.2, -0.15) is 0 Å². The molecule has 3 aromatic rings. The van der Waals surface area contributed by atoms with Crippen molar-refractivity contribution < 1.29 is 18.7 Å².